The maximum atomic E-state index is 5.98. The molecule has 0 saturated heterocycles. The van der Waals surface area contributed by atoms with Gasteiger partial charge in [-0.25, -0.2) is 4.98 Å². The number of nitrogens with zero attached hydrogens (tertiary/aromatic N) is 3. The van der Waals surface area contributed by atoms with Gasteiger partial charge >= 0.3 is 0 Å². The zero-order chi connectivity index (χ0) is 14.1. The average molecular weight is 307 g/mol. The first-order valence-electron chi connectivity index (χ1n) is 5.91. The first-order valence-corrected chi connectivity index (χ1v) is 7.17. The minimum Gasteiger partial charge on any atom is -0.397 e. The molecule has 2 heterocycles. The van der Waals surface area contributed by atoms with Crippen LogP contribution in [-0.2, 0) is 6.42 Å². The molecule has 0 aliphatic carbocycles. The van der Waals surface area contributed by atoms with Crippen LogP contribution in [0.4, 0.5) is 5.69 Å². The third-order valence-electron chi connectivity index (χ3n) is 2.76. The van der Waals surface area contributed by atoms with Gasteiger partial charge in [0.15, 0.2) is 5.82 Å². The molecule has 0 aliphatic rings. The highest BCUT2D eigenvalue weighted by Crippen LogP contribution is 2.30. The van der Waals surface area contributed by atoms with Crippen LogP contribution in [0.1, 0.15) is 16.5 Å². The molecule has 0 aliphatic heterocycles. The van der Waals surface area contributed by atoms with Crippen molar-refractivity contribution in [2.45, 2.75) is 13.3 Å². The Morgan fingerprint density at radius 2 is 2.20 bits per heavy atom. The highest BCUT2D eigenvalue weighted by molar-refractivity contribution is 7.09. The molecule has 20 heavy (non-hydrogen) atoms. The molecule has 7 heteroatoms. The van der Waals surface area contributed by atoms with Crippen LogP contribution in [0.2, 0.25) is 5.02 Å². The molecule has 1 aromatic carbocycles. The van der Waals surface area contributed by atoms with E-state index in [0.29, 0.717) is 34.4 Å². The Bertz CT molecular complexity index is 752. The van der Waals surface area contributed by atoms with E-state index in [9.17, 15) is 0 Å². The molecule has 0 amide bonds. The second-order valence-electron chi connectivity index (χ2n) is 4.25. The van der Waals surface area contributed by atoms with Crippen molar-refractivity contribution in [3.8, 4) is 11.5 Å². The van der Waals surface area contributed by atoms with Gasteiger partial charge in [-0.15, -0.1) is 11.3 Å². The highest BCUT2D eigenvalue weighted by Gasteiger charge is 2.14. The van der Waals surface area contributed by atoms with E-state index in [1.807, 2.05) is 12.3 Å². The third-order valence-corrected chi connectivity index (χ3v) is 3.91. The van der Waals surface area contributed by atoms with Gasteiger partial charge in [0.2, 0.25) is 0 Å². The van der Waals surface area contributed by atoms with Crippen molar-refractivity contribution in [2.24, 2.45) is 0 Å². The van der Waals surface area contributed by atoms with Crippen LogP contribution in [0.25, 0.3) is 11.5 Å². The van der Waals surface area contributed by atoms with E-state index in [0.717, 1.165) is 10.7 Å². The number of aromatic nitrogens is 3. The molecule has 0 bridgehead atoms. The van der Waals surface area contributed by atoms with Crippen LogP contribution < -0.4 is 5.73 Å². The molecule has 0 spiro atoms. The van der Waals surface area contributed by atoms with Crippen molar-refractivity contribution in [3.05, 3.63) is 45.1 Å². The fourth-order valence-corrected chi connectivity index (χ4v) is 2.60. The van der Waals surface area contributed by atoms with E-state index in [-0.39, 0.29) is 0 Å². The van der Waals surface area contributed by atoms with Crippen LogP contribution in [0.5, 0.6) is 0 Å². The van der Waals surface area contributed by atoms with Crippen LogP contribution in [0.3, 0.4) is 0 Å². The smallest absolute Gasteiger partial charge is 0.260 e. The number of thiazole rings is 1. The number of hydrogen-bond donors (Lipinski definition) is 1. The van der Waals surface area contributed by atoms with Gasteiger partial charge < -0.3 is 10.3 Å². The normalized spacial score (nSPS) is 10.9. The van der Waals surface area contributed by atoms with Gasteiger partial charge in [0.05, 0.1) is 33.4 Å². The predicted molar refractivity (Wildman–Crippen MR) is 78.8 cm³/mol. The molecule has 102 valence electrons. The monoisotopic (exact) mass is 306 g/mol. The number of nitrogen functional groups attached to an aromatic ring is 1. The number of benzene rings is 1. The van der Waals surface area contributed by atoms with E-state index in [1.165, 1.54) is 0 Å². The zero-order valence-electron chi connectivity index (χ0n) is 10.6. The van der Waals surface area contributed by atoms with Crippen molar-refractivity contribution in [1.29, 1.82) is 0 Å². The molecule has 0 saturated carbocycles. The van der Waals surface area contributed by atoms with Gasteiger partial charge in [-0.2, -0.15) is 4.98 Å². The minimum absolute atomic E-state index is 0.368. The lowest BCUT2D eigenvalue weighted by molar-refractivity contribution is 0.424. The van der Waals surface area contributed by atoms with Gasteiger partial charge in [-0.1, -0.05) is 22.8 Å². The summed E-state index contributed by atoms with van der Waals surface area (Å²) in [5.74, 6) is 0.941. The molecule has 0 atom stereocenters. The summed E-state index contributed by atoms with van der Waals surface area (Å²) >= 11 is 7.58. The maximum Gasteiger partial charge on any atom is 0.260 e. The molecule has 3 aromatic rings. The Balaban J connectivity index is 1.88. The summed E-state index contributed by atoms with van der Waals surface area (Å²) in [4.78, 5) is 8.71. The van der Waals surface area contributed by atoms with Gasteiger partial charge in [0.25, 0.3) is 5.89 Å². The van der Waals surface area contributed by atoms with Crippen LogP contribution in [-0.4, -0.2) is 15.1 Å². The summed E-state index contributed by atoms with van der Waals surface area (Å²) in [6.07, 6.45) is 0.536. The number of rotatable bonds is 3. The number of anilines is 1. The first-order chi connectivity index (χ1) is 9.63. The van der Waals surface area contributed by atoms with Crippen molar-refractivity contribution >= 4 is 28.6 Å². The summed E-state index contributed by atoms with van der Waals surface area (Å²) < 4.78 is 5.24. The summed E-state index contributed by atoms with van der Waals surface area (Å²) in [5.41, 5.74) is 7.92. The van der Waals surface area contributed by atoms with E-state index in [1.54, 1.807) is 29.5 Å². The van der Waals surface area contributed by atoms with Gasteiger partial charge in [-0.3, -0.25) is 0 Å². The standard InChI is InChI=1S/C13H11ClN4OS/c1-7-16-8(6-20-7)5-11-17-13(19-18-11)9-3-2-4-10(14)12(9)15/h2-4,6H,5,15H2,1H3. The molecular weight excluding hydrogens is 296 g/mol. The Hall–Kier alpha value is -1.92. The van der Waals surface area contributed by atoms with E-state index in [4.69, 9.17) is 21.9 Å². The second kappa shape index (κ2) is 5.22. The summed E-state index contributed by atoms with van der Waals surface area (Å²) in [7, 11) is 0. The Kier molecular flexibility index (Phi) is 3.42. The fourth-order valence-electron chi connectivity index (χ4n) is 1.81. The zero-order valence-corrected chi connectivity index (χ0v) is 12.2. The Morgan fingerprint density at radius 1 is 1.35 bits per heavy atom. The molecule has 0 fully saturated rings. The largest absolute Gasteiger partial charge is 0.397 e. The fraction of sp³-hybridized carbons (Fsp3) is 0.154. The predicted octanol–water partition coefficient (Wildman–Crippen LogP) is 3.33. The Labute approximate surface area is 124 Å². The molecule has 0 unspecified atom stereocenters. The lowest BCUT2D eigenvalue weighted by atomic mass is 10.2. The number of aryl methyl sites for hydroxylation is 1. The molecule has 0 radical (unpaired) electrons. The summed E-state index contributed by atoms with van der Waals surface area (Å²) in [6.45, 7) is 1.96. The summed E-state index contributed by atoms with van der Waals surface area (Å²) in [6, 6.07) is 5.31. The number of para-hydroxylation sites is 1. The van der Waals surface area contributed by atoms with Crippen LogP contribution in [0, 0.1) is 6.92 Å². The van der Waals surface area contributed by atoms with Crippen LogP contribution >= 0.6 is 22.9 Å². The first kappa shape index (κ1) is 13.1. The summed E-state index contributed by atoms with van der Waals surface area (Å²) in [5, 5.41) is 7.42. The van der Waals surface area contributed by atoms with E-state index >= 15 is 0 Å². The van der Waals surface area contributed by atoms with E-state index in [2.05, 4.69) is 15.1 Å². The quantitative estimate of drug-likeness (QED) is 0.751. The average Bonchev–Trinajstić information content (AvgIpc) is 3.03. The molecule has 2 aromatic heterocycles. The third kappa shape index (κ3) is 2.52. The van der Waals surface area contributed by atoms with Gasteiger partial charge in [0, 0.05) is 5.38 Å². The number of hydrogen-bond acceptors (Lipinski definition) is 6. The van der Waals surface area contributed by atoms with Crippen molar-refractivity contribution in [2.75, 3.05) is 5.73 Å². The maximum absolute atomic E-state index is 5.98. The second-order valence-corrected chi connectivity index (χ2v) is 5.72. The Morgan fingerprint density at radius 3 is 2.95 bits per heavy atom. The molecule has 3 rings (SSSR count). The van der Waals surface area contributed by atoms with E-state index < -0.39 is 0 Å². The molecular formula is C13H11ClN4OS. The lowest BCUT2D eigenvalue weighted by Gasteiger charge is -2.01. The van der Waals surface area contributed by atoms with Gasteiger partial charge in [-0.05, 0) is 19.1 Å². The highest BCUT2D eigenvalue weighted by atomic mass is 35.5. The van der Waals surface area contributed by atoms with Crippen molar-refractivity contribution < 1.29 is 4.52 Å². The number of nitrogens with two attached hydrogens (primary N) is 1. The number of halogens is 1. The van der Waals surface area contributed by atoms with Gasteiger partial charge in [0.1, 0.15) is 0 Å². The van der Waals surface area contributed by atoms with Crippen molar-refractivity contribution in [1.82, 2.24) is 15.1 Å². The van der Waals surface area contributed by atoms with Crippen molar-refractivity contribution in [3.63, 3.8) is 0 Å². The topological polar surface area (TPSA) is 77.8 Å². The lowest BCUT2D eigenvalue weighted by Crippen LogP contribution is -1.93. The molecule has 2 N–H and O–H groups in total. The minimum atomic E-state index is 0.368. The molecule has 5 nitrogen and oxygen atoms in total. The van der Waals surface area contributed by atoms with Crippen LogP contribution in [0.15, 0.2) is 28.1 Å². The SMILES string of the molecule is Cc1nc(Cc2noc(-c3cccc(Cl)c3N)n2)cs1.